The molecule has 1 atom stereocenters. The van der Waals surface area contributed by atoms with Gasteiger partial charge in [-0.1, -0.05) is 6.07 Å². The van der Waals surface area contributed by atoms with E-state index in [-0.39, 0.29) is 18.2 Å². The summed E-state index contributed by atoms with van der Waals surface area (Å²) >= 11 is 1.30. The molecule has 7 heteroatoms. The van der Waals surface area contributed by atoms with Crippen LogP contribution >= 0.6 is 11.8 Å². The minimum absolute atomic E-state index is 0.128. The van der Waals surface area contributed by atoms with Crippen molar-refractivity contribution in [3.05, 3.63) is 24.3 Å². The van der Waals surface area contributed by atoms with Crippen molar-refractivity contribution in [2.45, 2.75) is 17.4 Å². The zero-order valence-corrected chi connectivity index (χ0v) is 12.1. The number of rotatable bonds is 7. The minimum Gasteiger partial charge on any atom is -0.497 e. The van der Waals surface area contributed by atoms with Gasteiger partial charge in [-0.25, -0.2) is 4.79 Å². The lowest BCUT2D eigenvalue weighted by atomic mass is 10.1. The van der Waals surface area contributed by atoms with Gasteiger partial charge in [-0.2, -0.15) is 0 Å². The maximum Gasteiger partial charge on any atom is 0.337 e. The first-order chi connectivity index (χ1) is 9.35. The van der Waals surface area contributed by atoms with Crippen LogP contribution in [-0.2, 0) is 9.59 Å². The Kier molecular flexibility index (Phi) is 5.84. The highest BCUT2D eigenvalue weighted by atomic mass is 32.2. The van der Waals surface area contributed by atoms with Gasteiger partial charge in [-0.3, -0.25) is 4.79 Å². The lowest BCUT2D eigenvalue weighted by molar-refractivity contribution is -0.156. The quantitative estimate of drug-likeness (QED) is 0.643. The van der Waals surface area contributed by atoms with Crippen molar-refractivity contribution in [3.8, 4) is 5.75 Å². The highest BCUT2D eigenvalue weighted by Crippen LogP contribution is 2.22. The Morgan fingerprint density at radius 3 is 2.75 bits per heavy atom. The molecule has 0 fully saturated rings. The molecule has 1 aromatic rings. The molecule has 1 aromatic carbocycles. The van der Waals surface area contributed by atoms with Crippen LogP contribution in [0.1, 0.15) is 6.92 Å². The van der Waals surface area contributed by atoms with Crippen LogP contribution in [-0.4, -0.2) is 47.1 Å². The van der Waals surface area contributed by atoms with Crippen molar-refractivity contribution >= 4 is 23.6 Å². The molecular weight excluding hydrogens is 282 g/mol. The van der Waals surface area contributed by atoms with Crippen molar-refractivity contribution in [1.82, 2.24) is 5.32 Å². The Morgan fingerprint density at radius 1 is 1.45 bits per heavy atom. The summed E-state index contributed by atoms with van der Waals surface area (Å²) in [5, 5.41) is 20.5. The smallest absolute Gasteiger partial charge is 0.337 e. The molecule has 6 nitrogen and oxygen atoms in total. The van der Waals surface area contributed by atoms with E-state index in [1.54, 1.807) is 19.2 Å². The first-order valence-corrected chi connectivity index (χ1v) is 6.83. The monoisotopic (exact) mass is 299 g/mol. The second kappa shape index (κ2) is 7.16. The van der Waals surface area contributed by atoms with Crippen LogP contribution in [0.3, 0.4) is 0 Å². The third kappa shape index (κ3) is 5.10. The van der Waals surface area contributed by atoms with Gasteiger partial charge in [0.05, 0.1) is 19.4 Å². The molecule has 0 saturated heterocycles. The Balaban J connectivity index is 2.42. The molecule has 1 amide bonds. The lowest BCUT2D eigenvalue weighted by Gasteiger charge is -2.18. The predicted octanol–water partition coefficient (Wildman–Crippen LogP) is 0.739. The molecule has 0 bridgehead atoms. The molecule has 0 heterocycles. The number of carboxylic acid groups (broad SMARTS) is 1. The summed E-state index contributed by atoms with van der Waals surface area (Å²) in [6.45, 7) is 0.796. The molecular formula is C13H17NO5S. The molecule has 0 saturated carbocycles. The van der Waals surface area contributed by atoms with Crippen LogP contribution in [0.2, 0.25) is 0 Å². The SMILES string of the molecule is COc1cccc(SCC(=O)NCC(C)(O)C(=O)O)c1. The minimum atomic E-state index is -1.96. The number of aliphatic hydroxyl groups is 1. The van der Waals surface area contributed by atoms with Gasteiger partial charge < -0.3 is 20.3 Å². The standard InChI is InChI=1S/C13H17NO5S/c1-13(18,12(16)17)8-14-11(15)7-20-10-5-3-4-9(6-10)19-2/h3-6,18H,7-8H2,1-2H3,(H,14,15)(H,16,17). The second-order valence-electron chi connectivity index (χ2n) is 4.32. The van der Waals surface area contributed by atoms with E-state index >= 15 is 0 Å². The number of hydrogen-bond acceptors (Lipinski definition) is 5. The van der Waals surface area contributed by atoms with Gasteiger partial charge in [0.1, 0.15) is 5.75 Å². The van der Waals surface area contributed by atoms with Gasteiger partial charge in [-0.05, 0) is 25.1 Å². The van der Waals surface area contributed by atoms with E-state index in [4.69, 9.17) is 9.84 Å². The average Bonchev–Trinajstić information content (AvgIpc) is 2.43. The summed E-state index contributed by atoms with van der Waals surface area (Å²) in [6.07, 6.45) is 0. The summed E-state index contributed by atoms with van der Waals surface area (Å²) in [5.41, 5.74) is -1.96. The Hall–Kier alpha value is -1.73. The zero-order valence-electron chi connectivity index (χ0n) is 11.3. The number of benzene rings is 1. The summed E-state index contributed by atoms with van der Waals surface area (Å²) in [4.78, 5) is 23.1. The van der Waals surface area contributed by atoms with E-state index in [1.165, 1.54) is 11.8 Å². The normalized spacial score (nSPS) is 13.3. The van der Waals surface area contributed by atoms with E-state index in [9.17, 15) is 14.7 Å². The van der Waals surface area contributed by atoms with Crippen LogP contribution in [0.25, 0.3) is 0 Å². The Morgan fingerprint density at radius 2 is 2.15 bits per heavy atom. The fraction of sp³-hybridized carbons (Fsp3) is 0.385. The maximum absolute atomic E-state index is 11.6. The number of ether oxygens (including phenoxy) is 1. The van der Waals surface area contributed by atoms with E-state index in [0.717, 1.165) is 11.8 Å². The van der Waals surface area contributed by atoms with Crippen molar-refractivity contribution in [2.75, 3.05) is 19.4 Å². The van der Waals surface area contributed by atoms with Crippen molar-refractivity contribution < 1.29 is 24.5 Å². The highest BCUT2D eigenvalue weighted by molar-refractivity contribution is 8.00. The van der Waals surface area contributed by atoms with Gasteiger partial charge in [-0.15, -0.1) is 11.8 Å². The predicted molar refractivity (Wildman–Crippen MR) is 75.0 cm³/mol. The van der Waals surface area contributed by atoms with Gasteiger partial charge in [0.15, 0.2) is 5.60 Å². The van der Waals surface area contributed by atoms with Crippen LogP contribution in [0.5, 0.6) is 5.75 Å². The lowest BCUT2D eigenvalue weighted by Crippen LogP contribution is -2.46. The van der Waals surface area contributed by atoms with Gasteiger partial charge in [0.25, 0.3) is 0 Å². The topological polar surface area (TPSA) is 95.9 Å². The van der Waals surface area contributed by atoms with Gasteiger partial charge in [0, 0.05) is 4.90 Å². The maximum atomic E-state index is 11.6. The third-order valence-corrected chi connectivity index (χ3v) is 3.50. The third-order valence-electron chi connectivity index (χ3n) is 2.50. The molecule has 0 aliphatic carbocycles. The number of carbonyl (C=O) groups is 2. The largest absolute Gasteiger partial charge is 0.497 e. The Bertz CT molecular complexity index is 489. The first-order valence-electron chi connectivity index (χ1n) is 5.84. The van der Waals surface area contributed by atoms with Crippen LogP contribution in [0.4, 0.5) is 0 Å². The van der Waals surface area contributed by atoms with E-state index in [0.29, 0.717) is 5.75 Å². The second-order valence-corrected chi connectivity index (χ2v) is 5.37. The number of nitrogens with one attached hydrogen (secondary N) is 1. The summed E-state index contributed by atoms with van der Waals surface area (Å²) in [7, 11) is 1.56. The molecule has 3 N–H and O–H groups in total. The molecule has 0 aliphatic heterocycles. The number of aliphatic carboxylic acids is 1. The molecule has 0 spiro atoms. The molecule has 0 radical (unpaired) electrons. The molecule has 1 unspecified atom stereocenters. The summed E-state index contributed by atoms with van der Waals surface area (Å²) in [5.74, 6) is -0.898. The summed E-state index contributed by atoms with van der Waals surface area (Å²) in [6, 6.07) is 7.25. The first kappa shape index (κ1) is 16.3. The fourth-order valence-corrected chi connectivity index (χ4v) is 2.01. The molecule has 1 rings (SSSR count). The van der Waals surface area contributed by atoms with E-state index in [2.05, 4.69) is 5.32 Å². The molecule has 20 heavy (non-hydrogen) atoms. The van der Waals surface area contributed by atoms with Crippen LogP contribution < -0.4 is 10.1 Å². The number of carbonyl (C=O) groups excluding carboxylic acids is 1. The van der Waals surface area contributed by atoms with E-state index < -0.39 is 11.6 Å². The molecule has 0 aliphatic rings. The molecule has 0 aromatic heterocycles. The number of carboxylic acids is 1. The van der Waals surface area contributed by atoms with Crippen LogP contribution in [0, 0.1) is 0 Å². The van der Waals surface area contributed by atoms with Gasteiger partial charge in [0.2, 0.25) is 5.91 Å². The average molecular weight is 299 g/mol. The van der Waals surface area contributed by atoms with Crippen molar-refractivity contribution in [2.24, 2.45) is 0 Å². The number of amides is 1. The van der Waals surface area contributed by atoms with Crippen LogP contribution in [0.15, 0.2) is 29.2 Å². The fourth-order valence-electron chi connectivity index (χ4n) is 1.24. The number of methoxy groups -OCH3 is 1. The van der Waals surface area contributed by atoms with Gasteiger partial charge >= 0.3 is 5.97 Å². The Labute approximate surface area is 121 Å². The summed E-state index contributed by atoms with van der Waals surface area (Å²) < 4.78 is 5.07. The van der Waals surface area contributed by atoms with E-state index in [1.807, 2.05) is 12.1 Å². The number of thioether (sulfide) groups is 1. The highest BCUT2D eigenvalue weighted by Gasteiger charge is 2.30. The van der Waals surface area contributed by atoms with Crippen molar-refractivity contribution in [3.63, 3.8) is 0 Å². The number of hydrogen-bond donors (Lipinski definition) is 3. The molecule has 110 valence electrons. The zero-order chi connectivity index (χ0) is 15.2. The van der Waals surface area contributed by atoms with Crippen molar-refractivity contribution in [1.29, 1.82) is 0 Å².